The van der Waals surface area contributed by atoms with Gasteiger partial charge in [0.15, 0.2) is 0 Å². The van der Waals surface area contributed by atoms with Gasteiger partial charge in [-0.2, -0.15) is 0 Å². The summed E-state index contributed by atoms with van der Waals surface area (Å²) >= 11 is 0. The first-order chi connectivity index (χ1) is 11.7. The second kappa shape index (κ2) is 6.37. The molecule has 1 aromatic rings. The number of nitrogens with one attached hydrogen (secondary N) is 1. The number of likely N-dealkylation sites (tertiary alicyclic amines) is 1. The summed E-state index contributed by atoms with van der Waals surface area (Å²) in [6.07, 6.45) is 4.94. The van der Waals surface area contributed by atoms with Crippen LogP contribution in [0.3, 0.4) is 0 Å². The Labute approximate surface area is 143 Å². The van der Waals surface area contributed by atoms with Crippen LogP contribution < -0.4 is 5.32 Å². The smallest absolute Gasteiger partial charge is 0.255 e. The largest absolute Gasteiger partial charge is 0.390 e. The molecule has 3 heterocycles. The topological polar surface area (TPSA) is 61.8 Å². The van der Waals surface area contributed by atoms with Crippen LogP contribution in [0.1, 0.15) is 48.0 Å². The number of aryl methyl sites for hydroxylation is 1. The highest BCUT2D eigenvalue weighted by Crippen LogP contribution is 2.36. The lowest BCUT2D eigenvalue weighted by Crippen LogP contribution is -2.56. The third kappa shape index (κ3) is 2.70. The molecule has 1 unspecified atom stereocenters. The Balaban J connectivity index is 1.49. The SMILES string of the molecule is O=C(c1cccc2c1NCCC2)N1CCC2(CC1)OCCCC2O. The van der Waals surface area contributed by atoms with Gasteiger partial charge in [-0.05, 0) is 50.2 Å². The number of carbonyl (C=O) groups excluding carboxylic acids is 1. The summed E-state index contributed by atoms with van der Waals surface area (Å²) in [5, 5.41) is 13.7. The Morgan fingerprint density at radius 3 is 2.92 bits per heavy atom. The number of para-hydroxylation sites is 1. The van der Waals surface area contributed by atoms with Crippen LogP contribution in [-0.4, -0.2) is 53.9 Å². The monoisotopic (exact) mass is 330 g/mol. The number of hydrogen-bond donors (Lipinski definition) is 2. The van der Waals surface area contributed by atoms with Crippen molar-refractivity contribution in [2.45, 2.75) is 50.2 Å². The van der Waals surface area contributed by atoms with Gasteiger partial charge in [0.1, 0.15) is 0 Å². The van der Waals surface area contributed by atoms with Crippen LogP contribution in [0.2, 0.25) is 0 Å². The Morgan fingerprint density at radius 1 is 1.29 bits per heavy atom. The molecule has 0 saturated carbocycles. The fourth-order valence-electron chi connectivity index (χ4n) is 4.34. The van der Waals surface area contributed by atoms with Crippen LogP contribution >= 0.6 is 0 Å². The lowest BCUT2D eigenvalue weighted by molar-refractivity contribution is -0.174. The second-order valence-electron chi connectivity index (χ2n) is 7.23. The Bertz CT molecular complexity index is 623. The van der Waals surface area contributed by atoms with Crippen LogP contribution in [0, 0.1) is 0 Å². The third-order valence-electron chi connectivity index (χ3n) is 5.82. The molecule has 2 N–H and O–H groups in total. The van der Waals surface area contributed by atoms with Gasteiger partial charge in [0, 0.05) is 26.2 Å². The Morgan fingerprint density at radius 2 is 2.12 bits per heavy atom. The van der Waals surface area contributed by atoms with Crippen molar-refractivity contribution in [2.24, 2.45) is 0 Å². The number of aliphatic hydroxyl groups excluding tert-OH is 1. The van der Waals surface area contributed by atoms with E-state index in [1.54, 1.807) is 0 Å². The van der Waals surface area contributed by atoms with Gasteiger partial charge in [0.25, 0.3) is 5.91 Å². The highest BCUT2D eigenvalue weighted by atomic mass is 16.5. The summed E-state index contributed by atoms with van der Waals surface area (Å²) in [4.78, 5) is 14.9. The normalized spacial score (nSPS) is 25.9. The molecule has 0 aliphatic carbocycles. The lowest BCUT2D eigenvalue weighted by Gasteiger charge is -2.46. The van der Waals surface area contributed by atoms with E-state index in [1.807, 2.05) is 17.0 Å². The molecule has 5 heteroatoms. The first-order valence-corrected chi connectivity index (χ1v) is 9.17. The molecule has 2 saturated heterocycles. The second-order valence-corrected chi connectivity index (χ2v) is 7.23. The molecule has 1 spiro atoms. The molecule has 0 aromatic heterocycles. The van der Waals surface area contributed by atoms with E-state index in [4.69, 9.17) is 4.74 Å². The number of ether oxygens (including phenoxy) is 1. The van der Waals surface area contributed by atoms with E-state index in [0.29, 0.717) is 13.1 Å². The van der Waals surface area contributed by atoms with Gasteiger partial charge < -0.3 is 20.1 Å². The fourth-order valence-corrected chi connectivity index (χ4v) is 4.34. The fraction of sp³-hybridized carbons (Fsp3) is 0.632. The van der Waals surface area contributed by atoms with Crippen molar-refractivity contribution in [3.8, 4) is 0 Å². The number of amides is 1. The molecule has 3 aliphatic heterocycles. The van der Waals surface area contributed by atoms with Gasteiger partial charge in [-0.25, -0.2) is 0 Å². The minimum atomic E-state index is -0.427. The lowest BCUT2D eigenvalue weighted by atomic mass is 9.82. The number of anilines is 1. The maximum absolute atomic E-state index is 13.0. The van der Waals surface area contributed by atoms with Gasteiger partial charge in [-0.3, -0.25) is 4.79 Å². The van der Waals surface area contributed by atoms with Crippen molar-refractivity contribution in [3.05, 3.63) is 29.3 Å². The molecule has 1 atom stereocenters. The van der Waals surface area contributed by atoms with E-state index in [0.717, 1.165) is 62.9 Å². The van der Waals surface area contributed by atoms with Crippen LogP contribution in [-0.2, 0) is 11.2 Å². The number of aliphatic hydroxyl groups is 1. The quantitative estimate of drug-likeness (QED) is 0.829. The third-order valence-corrected chi connectivity index (χ3v) is 5.82. The first-order valence-electron chi connectivity index (χ1n) is 9.17. The molecule has 5 nitrogen and oxygen atoms in total. The number of hydrogen-bond acceptors (Lipinski definition) is 4. The van der Waals surface area contributed by atoms with Crippen molar-refractivity contribution in [1.82, 2.24) is 4.90 Å². The zero-order chi connectivity index (χ0) is 16.6. The van der Waals surface area contributed by atoms with Crippen LogP contribution in [0.4, 0.5) is 5.69 Å². The van der Waals surface area contributed by atoms with Gasteiger partial charge >= 0.3 is 0 Å². The van der Waals surface area contributed by atoms with Gasteiger partial charge in [-0.1, -0.05) is 12.1 Å². The van der Waals surface area contributed by atoms with Crippen LogP contribution in [0.25, 0.3) is 0 Å². The van der Waals surface area contributed by atoms with E-state index in [2.05, 4.69) is 11.4 Å². The Kier molecular flexibility index (Phi) is 4.22. The number of rotatable bonds is 1. The number of piperidine rings is 1. The van der Waals surface area contributed by atoms with Crippen molar-refractivity contribution < 1.29 is 14.6 Å². The van der Waals surface area contributed by atoms with E-state index in [1.165, 1.54) is 5.56 Å². The average molecular weight is 330 g/mol. The van der Waals surface area contributed by atoms with Crippen LogP contribution in [0.15, 0.2) is 18.2 Å². The van der Waals surface area contributed by atoms with E-state index < -0.39 is 11.7 Å². The molecule has 2 fully saturated rings. The summed E-state index contributed by atoms with van der Waals surface area (Å²) < 4.78 is 5.94. The van der Waals surface area contributed by atoms with E-state index >= 15 is 0 Å². The molecular formula is C19H26N2O3. The summed E-state index contributed by atoms with van der Waals surface area (Å²) in [5.74, 6) is 0.0985. The summed E-state index contributed by atoms with van der Waals surface area (Å²) in [6, 6.07) is 6.02. The van der Waals surface area contributed by atoms with E-state index in [-0.39, 0.29) is 5.91 Å². The minimum absolute atomic E-state index is 0.0985. The van der Waals surface area contributed by atoms with Crippen molar-refractivity contribution in [3.63, 3.8) is 0 Å². The van der Waals surface area contributed by atoms with E-state index in [9.17, 15) is 9.90 Å². The van der Waals surface area contributed by atoms with Crippen molar-refractivity contribution in [1.29, 1.82) is 0 Å². The van der Waals surface area contributed by atoms with Gasteiger partial charge in [0.2, 0.25) is 0 Å². The standard InChI is InChI=1S/C19H26N2O3/c22-16-7-3-13-24-19(16)8-11-21(12-9-19)18(23)15-6-1-4-14-5-2-10-20-17(14)15/h1,4,6,16,20,22H,2-3,5,7-13H2. The maximum atomic E-state index is 13.0. The Hall–Kier alpha value is -1.59. The molecular weight excluding hydrogens is 304 g/mol. The summed E-state index contributed by atoms with van der Waals surface area (Å²) in [6.45, 7) is 2.96. The van der Waals surface area contributed by atoms with Crippen molar-refractivity contribution >= 4 is 11.6 Å². The van der Waals surface area contributed by atoms with Gasteiger partial charge in [0.05, 0.1) is 23.0 Å². The molecule has 0 radical (unpaired) electrons. The molecule has 1 amide bonds. The predicted molar refractivity (Wildman–Crippen MR) is 92.3 cm³/mol. The number of fused-ring (bicyclic) bond motifs is 1. The van der Waals surface area contributed by atoms with Crippen LogP contribution in [0.5, 0.6) is 0 Å². The predicted octanol–water partition coefficient (Wildman–Crippen LogP) is 2.19. The molecule has 4 rings (SSSR count). The highest BCUT2D eigenvalue weighted by molar-refractivity contribution is 6.00. The zero-order valence-corrected chi connectivity index (χ0v) is 14.1. The zero-order valence-electron chi connectivity index (χ0n) is 14.1. The number of benzene rings is 1. The molecule has 130 valence electrons. The highest BCUT2D eigenvalue weighted by Gasteiger charge is 2.44. The van der Waals surface area contributed by atoms with Crippen molar-refractivity contribution in [2.75, 3.05) is 31.6 Å². The minimum Gasteiger partial charge on any atom is -0.390 e. The molecule has 0 bridgehead atoms. The number of nitrogens with zero attached hydrogens (tertiary/aromatic N) is 1. The number of carbonyl (C=O) groups is 1. The average Bonchev–Trinajstić information content (AvgIpc) is 2.64. The summed E-state index contributed by atoms with van der Waals surface area (Å²) in [7, 11) is 0. The van der Waals surface area contributed by atoms with Gasteiger partial charge in [-0.15, -0.1) is 0 Å². The maximum Gasteiger partial charge on any atom is 0.255 e. The molecule has 1 aromatic carbocycles. The molecule has 24 heavy (non-hydrogen) atoms. The summed E-state index contributed by atoms with van der Waals surface area (Å²) in [5.41, 5.74) is 2.62. The molecule has 3 aliphatic rings. The first kappa shape index (κ1) is 15.9.